The first-order valence-corrected chi connectivity index (χ1v) is 7.61. The molecular weight excluding hydrogens is 364 g/mol. The highest BCUT2D eigenvalue weighted by molar-refractivity contribution is 9.11. The molecule has 0 saturated carbocycles. The second-order valence-corrected chi connectivity index (χ2v) is 7.54. The average Bonchev–Trinajstić information content (AvgIpc) is 2.63. The van der Waals surface area contributed by atoms with Crippen molar-refractivity contribution in [1.82, 2.24) is 0 Å². The summed E-state index contributed by atoms with van der Waals surface area (Å²) in [5.74, 6) is 0. The van der Waals surface area contributed by atoms with Crippen molar-refractivity contribution in [3.63, 3.8) is 0 Å². The molecular formula is C13H12Br2OS. The third-order valence-electron chi connectivity index (χ3n) is 2.60. The van der Waals surface area contributed by atoms with Gasteiger partial charge in [-0.15, -0.1) is 11.3 Å². The van der Waals surface area contributed by atoms with E-state index in [-0.39, 0.29) is 0 Å². The molecule has 0 bridgehead atoms. The lowest BCUT2D eigenvalue weighted by Gasteiger charge is -2.24. The van der Waals surface area contributed by atoms with Crippen LogP contribution < -0.4 is 0 Å². The average molecular weight is 376 g/mol. The van der Waals surface area contributed by atoms with Crippen LogP contribution in [-0.4, -0.2) is 5.11 Å². The highest BCUT2D eigenvalue weighted by Crippen LogP contribution is 2.33. The predicted octanol–water partition coefficient (Wildman–Crippen LogP) is 4.72. The molecule has 1 heterocycles. The molecule has 0 aliphatic rings. The molecule has 1 unspecified atom stereocenters. The van der Waals surface area contributed by atoms with Crippen molar-refractivity contribution in [2.24, 2.45) is 0 Å². The molecule has 0 saturated heterocycles. The number of hydrogen-bond donors (Lipinski definition) is 1. The fourth-order valence-electron chi connectivity index (χ4n) is 1.78. The maximum atomic E-state index is 10.6. The molecule has 2 rings (SSSR count). The van der Waals surface area contributed by atoms with Crippen molar-refractivity contribution >= 4 is 43.2 Å². The first-order chi connectivity index (χ1) is 7.99. The van der Waals surface area contributed by atoms with E-state index in [9.17, 15) is 5.11 Å². The second-order valence-electron chi connectivity index (χ2n) is 4.14. The number of hydrogen-bond acceptors (Lipinski definition) is 2. The van der Waals surface area contributed by atoms with Crippen LogP contribution in [0.15, 0.2) is 44.7 Å². The van der Waals surface area contributed by atoms with Gasteiger partial charge in [-0.3, -0.25) is 0 Å². The molecule has 0 aliphatic carbocycles. The number of halogens is 2. The Morgan fingerprint density at radius 2 is 1.88 bits per heavy atom. The largest absolute Gasteiger partial charge is 0.385 e. The summed E-state index contributed by atoms with van der Waals surface area (Å²) >= 11 is 8.58. The molecule has 0 fully saturated rings. The van der Waals surface area contributed by atoms with Gasteiger partial charge in [0.25, 0.3) is 0 Å². The quantitative estimate of drug-likeness (QED) is 0.822. The van der Waals surface area contributed by atoms with Crippen LogP contribution in [-0.2, 0) is 12.0 Å². The fourth-order valence-corrected chi connectivity index (χ4v) is 4.12. The third-order valence-corrected chi connectivity index (χ3v) is 4.92. The summed E-state index contributed by atoms with van der Waals surface area (Å²) in [7, 11) is 0. The minimum atomic E-state index is -0.857. The number of thiophene rings is 1. The van der Waals surface area contributed by atoms with Crippen molar-refractivity contribution in [3.8, 4) is 0 Å². The SMILES string of the molecule is CC(O)(Cc1ccc(Br)s1)c1ccccc1Br. The smallest absolute Gasteiger partial charge is 0.0927 e. The van der Waals surface area contributed by atoms with Crippen molar-refractivity contribution in [3.05, 3.63) is 55.1 Å². The zero-order chi connectivity index (χ0) is 12.5. The van der Waals surface area contributed by atoms with E-state index in [1.165, 1.54) is 0 Å². The van der Waals surface area contributed by atoms with Crippen molar-refractivity contribution < 1.29 is 5.11 Å². The van der Waals surface area contributed by atoms with Gasteiger partial charge in [0.05, 0.1) is 9.39 Å². The van der Waals surface area contributed by atoms with Gasteiger partial charge in [0.15, 0.2) is 0 Å². The summed E-state index contributed by atoms with van der Waals surface area (Å²) in [5, 5.41) is 10.6. The van der Waals surface area contributed by atoms with Gasteiger partial charge in [-0.2, -0.15) is 0 Å². The summed E-state index contributed by atoms with van der Waals surface area (Å²) < 4.78 is 2.04. The predicted molar refractivity (Wildman–Crippen MR) is 79.4 cm³/mol. The number of rotatable bonds is 3. The van der Waals surface area contributed by atoms with Gasteiger partial charge in [-0.1, -0.05) is 34.1 Å². The first kappa shape index (κ1) is 13.3. The summed E-state index contributed by atoms with van der Waals surface area (Å²) in [5.41, 5.74) is 0.0641. The lowest BCUT2D eigenvalue weighted by atomic mass is 9.92. The van der Waals surface area contributed by atoms with E-state index < -0.39 is 5.60 Å². The van der Waals surface area contributed by atoms with Crippen LogP contribution in [0, 0.1) is 0 Å². The molecule has 1 aromatic carbocycles. The Morgan fingerprint density at radius 1 is 1.18 bits per heavy atom. The van der Waals surface area contributed by atoms with Gasteiger partial charge >= 0.3 is 0 Å². The Labute approximate surface area is 122 Å². The van der Waals surface area contributed by atoms with Gasteiger partial charge in [-0.05, 0) is 46.6 Å². The zero-order valence-corrected chi connectivity index (χ0v) is 13.3. The van der Waals surface area contributed by atoms with Gasteiger partial charge in [0.2, 0.25) is 0 Å². The fraction of sp³-hybridized carbons (Fsp3) is 0.231. The van der Waals surface area contributed by atoms with E-state index in [0.29, 0.717) is 6.42 Å². The lowest BCUT2D eigenvalue weighted by molar-refractivity contribution is 0.0577. The van der Waals surface area contributed by atoms with E-state index in [1.807, 2.05) is 43.3 Å². The Hall–Kier alpha value is -0.160. The molecule has 1 nitrogen and oxygen atoms in total. The maximum Gasteiger partial charge on any atom is 0.0927 e. The highest BCUT2D eigenvalue weighted by Gasteiger charge is 2.26. The van der Waals surface area contributed by atoms with Crippen LogP contribution in [0.4, 0.5) is 0 Å². The Bertz CT molecular complexity index is 520. The van der Waals surface area contributed by atoms with Crippen molar-refractivity contribution in [1.29, 1.82) is 0 Å². The summed E-state index contributed by atoms with van der Waals surface area (Å²) in [6.07, 6.45) is 0.617. The molecule has 2 aromatic rings. The topological polar surface area (TPSA) is 20.2 Å². The Morgan fingerprint density at radius 3 is 2.47 bits per heavy atom. The second kappa shape index (κ2) is 5.22. The molecule has 0 amide bonds. The van der Waals surface area contributed by atoms with Crippen LogP contribution in [0.2, 0.25) is 0 Å². The molecule has 1 atom stereocenters. The molecule has 1 aromatic heterocycles. The Kier molecular flexibility index (Phi) is 4.08. The van der Waals surface area contributed by atoms with Gasteiger partial charge < -0.3 is 5.11 Å². The highest BCUT2D eigenvalue weighted by atomic mass is 79.9. The molecule has 90 valence electrons. The van der Waals surface area contributed by atoms with Crippen LogP contribution >= 0.6 is 43.2 Å². The van der Waals surface area contributed by atoms with E-state index in [0.717, 1.165) is 18.7 Å². The van der Waals surface area contributed by atoms with Gasteiger partial charge in [0, 0.05) is 15.8 Å². The van der Waals surface area contributed by atoms with Gasteiger partial charge in [0.1, 0.15) is 0 Å². The summed E-state index contributed by atoms with van der Waals surface area (Å²) in [6, 6.07) is 11.8. The van der Waals surface area contributed by atoms with Gasteiger partial charge in [-0.25, -0.2) is 0 Å². The standard InChI is InChI=1S/C13H12Br2OS/c1-13(16,8-9-6-7-12(15)17-9)10-4-2-3-5-11(10)14/h2-7,16H,8H2,1H3. The minimum Gasteiger partial charge on any atom is -0.385 e. The van der Waals surface area contributed by atoms with Crippen LogP contribution in [0.5, 0.6) is 0 Å². The Balaban J connectivity index is 2.27. The lowest BCUT2D eigenvalue weighted by Crippen LogP contribution is -2.24. The maximum absolute atomic E-state index is 10.6. The van der Waals surface area contributed by atoms with Crippen LogP contribution in [0.25, 0.3) is 0 Å². The first-order valence-electron chi connectivity index (χ1n) is 5.20. The number of aliphatic hydroxyl groups is 1. The van der Waals surface area contributed by atoms with E-state index >= 15 is 0 Å². The minimum absolute atomic E-state index is 0.617. The third kappa shape index (κ3) is 3.19. The monoisotopic (exact) mass is 374 g/mol. The summed E-state index contributed by atoms with van der Waals surface area (Å²) in [6.45, 7) is 1.85. The molecule has 1 N–H and O–H groups in total. The van der Waals surface area contributed by atoms with Crippen LogP contribution in [0.1, 0.15) is 17.4 Å². The molecule has 0 radical (unpaired) electrons. The molecule has 0 aliphatic heterocycles. The molecule has 0 spiro atoms. The van der Waals surface area contributed by atoms with Crippen molar-refractivity contribution in [2.75, 3.05) is 0 Å². The summed E-state index contributed by atoms with van der Waals surface area (Å²) in [4.78, 5) is 1.16. The molecule has 17 heavy (non-hydrogen) atoms. The van der Waals surface area contributed by atoms with E-state index in [2.05, 4.69) is 31.9 Å². The zero-order valence-electron chi connectivity index (χ0n) is 9.28. The van der Waals surface area contributed by atoms with E-state index in [4.69, 9.17) is 0 Å². The van der Waals surface area contributed by atoms with Crippen LogP contribution in [0.3, 0.4) is 0 Å². The van der Waals surface area contributed by atoms with E-state index in [1.54, 1.807) is 11.3 Å². The molecule has 4 heteroatoms. The van der Waals surface area contributed by atoms with Crippen molar-refractivity contribution in [2.45, 2.75) is 18.9 Å². The number of benzene rings is 1. The normalized spacial score (nSPS) is 14.6.